The molecule has 0 unspecified atom stereocenters. The van der Waals surface area contributed by atoms with E-state index in [1.165, 1.54) is 10.8 Å². The van der Waals surface area contributed by atoms with E-state index >= 15 is 0 Å². The maximum absolute atomic E-state index is 10.6. The van der Waals surface area contributed by atoms with Crippen molar-refractivity contribution < 1.29 is 14.7 Å². The molecule has 1 aromatic heterocycles. The minimum absolute atomic E-state index is 0.180. The van der Waals surface area contributed by atoms with Crippen LogP contribution in [0.5, 0.6) is 0 Å². The van der Waals surface area contributed by atoms with Gasteiger partial charge in [0.1, 0.15) is 0 Å². The van der Waals surface area contributed by atoms with Crippen LogP contribution in [0.2, 0.25) is 0 Å². The van der Waals surface area contributed by atoms with Crippen LogP contribution in [0.4, 0.5) is 0 Å². The molecule has 0 fully saturated rings. The molecule has 0 amide bonds. The third-order valence-corrected chi connectivity index (χ3v) is 1.83. The third kappa shape index (κ3) is 1.11. The van der Waals surface area contributed by atoms with Gasteiger partial charge in [-0.2, -0.15) is 0 Å². The smallest absolute Gasteiger partial charge is 0.337 e. The zero-order valence-electron chi connectivity index (χ0n) is 6.87. The van der Waals surface area contributed by atoms with E-state index in [0.29, 0.717) is 17.5 Å². The van der Waals surface area contributed by atoms with Crippen molar-refractivity contribution in [2.24, 2.45) is 7.05 Å². The first-order chi connectivity index (χ1) is 5.57. The Morgan fingerprint density at radius 3 is 2.50 bits per heavy atom. The van der Waals surface area contributed by atoms with E-state index in [4.69, 9.17) is 5.11 Å². The van der Waals surface area contributed by atoms with E-state index in [1.807, 2.05) is 0 Å². The van der Waals surface area contributed by atoms with Crippen LogP contribution in [0.3, 0.4) is 0 Å². The van der Waals surface area contributed by atoms with Crippen molar-refractivity contribution in [3.05, 3.63) is 23.0 Å². The number of aldehydes is 1. The van der Waals surface area contributed by atoms with Crippen molar-refractivity contribution in [1.29, 1.82) is 0 Å². The first-order valence-corrected chi connectivity index (χ1v) is 3.42. The molecule has 4 heteroatoms. The summed E-state index contributed by atoms with van der Waals surface area (Å²) in [6.07, 6.45) is 2.09. The summed E-state index contributed by atoms with van der Waals surface area (Å²) in [4.78, 5) is 21.0. The summed E-state index contributed by atoms with van der Waals surface area (Å²) < 4.78 is 1.51. The summed E-state index contributed by atoms with van der Waals surface area (Å²) in [6, 6.07) is 0. The van der Waals surface area contributed by atoms with E-state index in [-0.39, 0.29) is 5.56 Å². The zero-order valence-corrected chi connectivity index (χ0v) is 6.87. The first-order valence-electron chi connectivity index (χ1n) is 3.42. The highest BCUT2D eigenvalue weighted by Crippen LogP contribution is 2.13. The molecule has 0 saturated carbocycles. The van der Waals surface area contributed by atoms with Gasteiger partial charge < -0.3 is 9.67 Å². The Labute approximate surface area is 69.4 Å². The number of nitrogens with zero attached hydrogens (tertiary/aromatic N) is 1. The Hall–Kier alpha value is -1.58. The Bertz CT molecular complexity index is 338. The highest BCUT2D eigenvalue weighted by molar-refractivity contribution is 5.92. The maximum Gasteiger partial charge on any atom is 0.337 e. The molecule has 0 aliphatic carbocycles. The van der Waals surface area contributed by atoms with E-state index in [2.05, 4.69) is 0 Å². The lowest BCUT2D eigenvalue weighted by Crippen LogP contribution is -1.96. The van der Waals surface area contributed by atoms with Gasteiger partial charge in [-0.15, -0.1) is 0 Å². The molecule has 0 aliphatic heterocycles. The van der Waals surface area contributed by atoms with Gasteiger partial charge in [0, 0.05) is 13.2 Å². The molecule has 1 N–H and O–H groups in total. The predicted octanol–water partition coefficient (Wildman–Crippen LogP) is 0.844. The lowest BCUT2D eigenvalue weighted by atomic mass is 10.2. The van der Waals surface area contributed by atoms with Crippen LogP contribution < -0.4 is 0 Å². The standard InChI is InChI=1S/C8H9NO3/c1-5-6(8(11)12)3-9(2)7(5)4-10/h3-4H,1-2H3,(H,11,12). The quantitative estimate of drug-likeness (QED) is 0.664. The molecule has 1 aromatic rings. The van der Waals surface area contributed by atoms with Crippen LogP contribution in [0.25, 0.3) is 0 Å². The van der Waals surface area contributed by atoms with Gasteiger partial charge in [-0.3, -0.25) is 4.79 Å². The van der Waals surface area contributed by atoms with Crippen molar-refractivity contribution in [3.8, 4) is 0 Å². The van der Waals surface area contributed by atoms with Gasteiger partial charge in [-0.25, -0.2) is 4.79 Å². The molecule has 1 rings (SSSR count). The summed E-state index contributed by atoms with van der Waals surface area (Å²) in [5, 5.41) is 8.67. The average molecular weight is 167 g/mol. The van der Waals surface area contributed by atoms with Crippen molar-refractivity contribution in [1.82, 2.24) is 4.57 Å². The first kappa shape index (κ1) is 8.52. The number of hydrogen-bond donors (Lipinski definition) is 1. The Morgan fingerprint density at radius 1 is 1.67 bits per heavy atom. The Balaban J connectivity index is 3.35. The predicted molar refractivity (Wildman–Crippen MR) is 42.5 cm³/mol. The fourth-order valence-corrected chi connectivity index (χ4v) is 1.15. The fourth-order valence-electron chi connectivity index (χ4n) is 1.15. The third-order valence-electron chi connectivity index (χ3n) is 1.83. The molecule has 1 heterocycles. The number of carboxylic acid groups (broad SMARTS) is 1. The molecule has 0 aliphatic rings. The second-order valence-electron chi connectivity index (χ2n) is 2.59. The molecule has 0 atom stereocenters. The molecule has 12 heavy (non-hydrogen) atoms. The molecular weight excluding hydrogens is 158 g/mol. The van der Waals surface area contributed by atoms with Crippen molar-refractivity contribution in [3.63, 3.8) is 0 Å². The highest BCUT2D eigenvalue weighted by Gasteiger charge is 2.14. The van der Waals surface area contributed by atoms with Gasteiger partial charge in [0.05, 0.1) is 11.3 Å². The number of rotatable bonds is 2. The van der Waals surface area contributed by atoms with Crippen molar-refractivity contribution in [2.75, 3.05) is 0 Å². The number of aryl methyl sites for hydroxylation is 1. The van der Waals surface area contributed by atoms with Crippen LogP contribution in [0.15, 0.2) is 6.20 Å². The van der Waals surface area contributed by atoms with E-state index in [9.17, 15) is 9.59 Å². The zero-order chi connectivity index (χ0) is 9.30. The summed E-state index contributed by atoms with van der Waals surface area (Å²) in [5.74, 6) is -1.00. The maximum atomic E-state index is 10.6. The number of aromatic nitrogens is 1. The van der Waals surface area contributed by atoms with Crippen molar-refractivity contribution in [2.45, 2.75) is 6.92 Å². The molecule has 64 valence electrons. The molecule has 4 nitrogen and oxygen atoms in total. The number of aromatic carboxylic acids is 1. The van der Waals surface area contributed by atoms with Gasteiger partial charge in [0.15, 0.2) is 6.29 Å². The molecule has 0 radical (unpaired) electrons. The number of hydrogen-bond acceptors (Lipinski definition) is 2. The minimum atomic E-state index is -1.00. The minimum Gasteiger partial charge on any atom is -0.478 e. The van der Waals surface area contributed by atoms with Gasteiger partial charge in [0.25, 0.3) is 0 Å². The highest BCUT2D eigenvalue weighted by atomic mass is 16.4. The van der Waals surface area contributed by atoms with Crippen molar-refractivity contribution >= 4 is 12.3 Å². The topological polar surface area (TPSA) is 59.3 Å². The van der Waals surface area contributed by atoms with Crippen LogP contribution in [0.1, 0.15) is 26.4 Å². The summed E-state index contributed by atoms with van der Waals surface area (Å²) in [5.41, 5.74) is 1.10. The number of carbonyl (C=O) groups is 2. The lowest BCUT2D eigenvalue weighted by molar-refractivity contribution is 0.0696. The Morgan fingerprint density at radius 2 is 2.25 bits per heavy atom. The molecule has 0 aromatic carbocycles. The van der Waals surface area contributed by atoms with E-state index in [1.54, 1.807) is 14.0 Å². The largest absolute Gasteiger partial charge is 0.478 e. The van der Waals surface area contributed by atoms with E-state index < -0.39 is 5.97 Å². The van der Waals surface area contributed by atoms with Gasteiger partial charge in [-0.1, -0.05) is 0 Å². The monoisotopic (exact) mass is 167 g/mol. The number of carbonyl (C=O) groups excluding carboxylic acids is 1. The molecular formula is C8H9NO3. The molecule has 0 bridgehead atoms. The Kier molecular flexibility index (Phi) is 1.99. The van der Waals surface area contributed by atoms with Crippen LogP contribution >= 0.6 is 0 Å². The van der Waals surface area contributed by atoms with Gasteiger partial charge in [-0.05, 0) is 12.5 Å². The second-order valence-corrected chi connectivity index (χ2v) is 2.59. The van der Waals surface area contributed by atoms with Crippen LogP contribution in [-0.4, -0.2) is 21.9 Å². The SMILES string of the molecule is Cc1c(C(=O)O)cn(C)c1C=O. The summed E-state index contributed by atoms with van der Waals surface area (Å²) in [7, 11) is 1.64. The molecule has 0 saturated heterocycles. The van der Waals surface area contributed by atoms with Crippen LogP contribution in [0, 0.1) is 6.92 Å². The normalized spacial score (nSPS) is 9.83. The van der Waals surface area contributed by atoms with Gasteiger partial charge >= 0.3 is 5.97 Å². The summed E-state index contributed by atoms with van der Waals surface area (Å²) in [6.45, 7) is 1.62. The van der Waals surface area contributed by atoms with E-state index in [0.717, 1.165) is 0 Å². The lowest BCUT2D eigenvalue weighted by Gasteiger charge is -1.92. The van der Waals surface area contributed by atoms with Gasteiger partial charge in [0.2, 0.25) is 0 Å². The molecule has 0 spiro atoms. The fraction of sp³-hybridized carbons (Fsp3) is 0.250. The number of carboxylic acids is 1. The second kappa shape index (κ2) is 2.81. The summed E-state index contributed by atoms with van der Waals surface area (Å²) >= 11 is 0. The van der Waals surface area contributed by atoms with Crippen LogP contribution in [-0.2, 0) is 7.05 Å². The average Bonchev–Trinajstić information content (AvgIpc) is 2.27.